The molecule has 0 aromatic carbocycles. The minimum absolute atomic E-state index is 0.103. The van der Waals surface area contributed by atoms with E-state index in [1.54, 1.807) is 13.8 Å². The molecule has 6 nitrogen and oxygen atoms in total. The molecule has 0 bridgehead atoms. The number of carbonyl (C=O) groups excluding carboxylic acids is 2. The van der Waals surface area contributed by atoms with Gasteiger partial charge in [-0.3, -0.25) is 4.79 Å². The first-order chi connectivity index (χ1) is 7.84. The lowest BCUT2D eigenvalue weighted by Gasteiger charge is -2.15. The molecule has 0 radical (unpaired) electrons. The van der Waals surface area contributed by atoms with Gasteiger partial charge in [0.15, 0.2) is 11.2 Å². The molecule has 1 aliphatic heterocycles. The standard InChI is InChI=1S/C10H16N2O4S/c1-4-11-9(17)12-7(13)5-6-8(14)16-10(2,3)15-6/h6H,4-5H2,1-3H3,(H2,11,12,13,17)/t6-/m1/s1. The van der Waals surface area contributed by atoms with Gasteiger partial charge >= 0.3 is 5.97 Å². The van der Waals surface area contributed by atoms with Crippen molar-refractivity contribution in [1.82, 2.24) is 10.6 Å². The highest BCUT2D eigenvalue weighted by atomic mass is 32.1. The van der Waals surface area contributed by atoms with Crippen LogP contribution in [0.5, 0.6) is 0 Å². The average molecular weight is 260 g/mol. The summed E-state index contributed by atoms with van der Waals surface area (Å²) in [6.07, 6.45) is -0.970. The van der Waals surface area contributed by atoms with Crippen molar-refractivity contribution in [2.45, 2.75) is 39.1 Å². The van der Waals surface area contributed by atoms with Crippen molar-refractivity contribution in [3.63, 3.8) is 0 Å². The van der Waals surface area contributed by atoms with Gasteiger partial charge in [-0.15, -0.1) is 0 Å². The Labute approximate surface area is 105 Å². The number of nitrogens with one attached hydrogen (secondary N) is 2. The number of ether oxygens (including phenoxy) is 2. The van der Waals surface area contributed by atoms with E-state index in [1.807, 2.05) is 6.92 Å². The van der Waals surface area contributed by atoms with Crippen molar-refractivity contribution in [2.24, 2.45) is 0 Å². The fourth-order valence-corrected chi connectivity index (χ4v) is 1.66. The Morgan fingerprint density at radius 2 is 2.18 bits per heavy atom. The second-order valence-electron chi connectivity index (χ2n) is 4.04. The molecule has 0 aromatic heterocycles. The molecule has 7 heteroatoms. The maximum Gasteiger partial charge on any atom is 0.338 e. The summed E-state index contributed by atoms with van der Waals surface area (Å²) < 4.78 is 10.2. The molecule has 1 atom stereocenters. The number of rotatable bonds is 3. The normalized spacial score (nSPS) is 21.8. The summed E-state index contributed by atoms with van der Waals surface area (Å²) in [7, 11) is 0. The van der Waals surface area contributed by atoms with Crippen molar-refractivity contribution >= 4 is 29.2 Å². The Kier molecular flexibility index (Phi) is 4.41. The highest BCUT2D eigenvalue weighted by Crippen LogP contribution is 2.25. The topological polar surface area (TPSA) is 76.7 Å². The Morgan fingerprint density at radius 1 is 1.53 bits per heavy atom. The van der Waals surface area contributed by atoms with Crippen LogP contribution in [0.2, 0.25) is 0 Å². The monoisotopic (exact) mass is 260 g/mol. The van der Waals surface area contributed by atoms with Crippen molar-refractivity contribution in [3.05, 3.63) is 0 Å². The third-order valence-corrected chi connectivity index (χ3v) is 2.24. The minimum Gasteiger partial charge on any atom is -0.432 e. The van der Waals surface area contributed by atoms with Gasteiger partial charge in [-0.1, -0.05) is 0 Å². The summed E-state index contributed by atoms with van der Waals surface area (Å²) in [6.45, 7) is 5.71. The van der Waals surface area contributed by atoms with Gasteiger partial charge < -0.3 is 20.1 Å². The fourth-order valence-electron chi connectivity index (χ4n) is 1.40. The summed E-state index contributed by atoms with van der Waals surface area (Å²) in [5, 5.41) is 5.46. The second kappa shape index (κ2) is 5.42. The molecule has 1 saturated heterocycles. The number of cyclic esters (lactones) is 1. The van der Waals surface area contributed by atoms with Crippen molar-refractivity contribution in [2.75, 3.05) is 6.54 Å². The largest absolute Gasteiger partial charge is 0.432 e. The van der Waals surface area contributed by atoms with E-state index in [4.69, 9.17) is 21.7 Å². The number of amides is 1. The van der Waals surface area contributed by atoms with E-state index in [2.05, 4.69) is 10.6 Å². The summed E-state index contributed by atoms with van der Waals surface area (Å²) in [6, 6.07) is 0. The highest BCUT2D eigenvalue weighted by molar-refractivity contribution is 7.80. The molecule has 0 aliphatic carbocycles. The van der Waals surface area contributed by atoms with E-state index in [9.17, 15) is 9.59 Å². The molecule has 1 fully saturated rings. The molecule has 2 N–H and O–H groups in total. The Balaban J connectivity index is 2.42. The molecule has 1 rings (SSSR count). The van der Waals surface area contributed by atoms with Gasteiger partial charge in [0.05, 0.1) is 6.42 Å². The number of carbonyl (C=O) groups is 2. The minimum atomic E-state index is -0.968. The lowest BCUT2D eigenvalue weighted by atomic mass is 10.2. The molecular formula is C10H16N2O4S. The first kappa shape index (κ1) is 13.9. The summed E-state index contributed by atoms with van der Waals surface area (Å²) in [5.74, 6) is -1.88. The van der Waals surface area contributed by atoms with Crippen LogP contribution in [0.4, 0.5) is 0 Å². The third kappa shape index (κ3) is 4.27. The lowest BCUT2D eigenvalue weighted by molar-refractivity contribution is -0.160. The van der Waals surface area contributed by atoms with Gasteiger partial charge in [-0.25, -0.2) is 4.79 Å². The Hall–Kier alpha value is -1.21. The highest BCUT2D eigenvalue weighted by Gasteiger charge is 2.41. The second-order valence-corrected chi connectivity index (χ2v) is 4.45. The van der Waals surface area contributed by atoms with Crippen LogP contribution in [0.25, 0.3) is 0 Å². The van der Waals surface area contributed by atoms with E-state index in [1.165, 1.54) is 0 Å². The maximum atomic E-state index is 11.5. The molecular weight excluding hydrogens is 244 g/mol. The van der Waals surface area contributed by atoms with Gasteiger partial charge in [-0.05, 0) is 19.1 Å². The molecule has 17 heavy (non-hydrogen) atoms. The smallest absolute Gasteiger partial charge is 0.338 e. The summed E-state index contributed by atoms with van der Waals surface area (Å²) >= 11 is 4.84. The zero-order valence-electron chi connectivity index (χ0n) is 10.0. The SMILES string of the molecule is CCNC(=S)NC(=O)C[C@H]1OC(C)(C)OC1=O. The predicted molar refractivity (Wildman–Crippen MR) is 64.1 cm³/mol. The molecule has 0 spiro atoms. The van der Waals surface area contributed by atoms with Crippen LogP contribution in [-0.4, -0.2) is 35.4 Å². The van der Waals surface area contributed by atoms with E-state index < -0.39 is 17.9 Å². The van der Waals surface area contributed by atoms with E-state index in [-0.39, 0.29) is 17.4 Å². The van der Waals surface area contributed by atoms with Crippen molar-refractivity contribution < 1.29 is 19.1 Å². The van der Waals surface area contributed by atoms with Crippen molar-refractivity contribution in [3.8, 4) is 0 Å². The zero-order valence-corrected chi connectivity index (χ0v) is 10.8. The Bertz CT molecular complexity index is 343. The van der Waals surface area contributed by atoms with Gasteiger partial charge in [0.25, 0.3) is 0 Å². The molecule has 1 aliphatic rings. The van der Waals surface area contributed by atoms with Crippen LogP contribution in [0.1, 0.15) is 27.2 Å². The molecule has 1 heterocycles. The number of esters is 1. The first-order valence-electron chi connectivity index (χ1n) is 5.32. The van der Waals surface area contributed by atoms with Crippen LogP contribution < -0.4 is 10.6 Å². The van der Waals surface area contributed by atoms with Gasteiger partial charge in [-0.2, -0.15) is 0 Å². The van der Waals surface area contributed by atoms with Gasteiger partial charge in [0.2, 0.25) is 11.7 Å². The zero-order chi connectivity index (χ0) is 13.1. The number of hydrogen-bond donors (Lipinski definition) is 2. The van der Waals surface area contributed by atoms with E-state index >= 15 is 0 Å². The van der Waals surface area contributed by atoms with Crippen LogP contribution in [0.3, 0.4) is 0 Å². The fraction of sp³-hybridized carbons (Fsp3) is 0.700. The van der Waals surface area contributed by atoms with Crippen molar-refractivity contribution in [1.29, 1.82) is 0 Å². The number of hydrogen-bond acceptors (Lipinski definition) is 5. The molecule has 0 saturated carbocycles. The molecule has 96 valence electrons. The molecule has 0 aromatic rings. The lowest BCUT2D eigenvalue weighted by Crippen LogP contribution is -2.41. The first-order valence-corrected chi connectivity index (χ1v) is 5.73. The molecule has 1 amide bonds. The van der Waals surface area contributed by atoms with Crippen LogP contribution in [0, 0.1) is 0 Å². The summed E-state index contributed by atoms with van der Waals surface area (Å²) in [5.41, 5.74) is 0. The van der Waals surface area contributed by atoms with Crippen LogP contribution in [-0.2, 0) is 19.1 Å². The van der Waals surface area contributed by atoms with Gasteiger partial charge in [0, 0.05) is 20.4 Å². The van der Waals surface area contributed by atoms with Gasteiger partial charge in [0.1, 0.15) is 0 Å². The van der Waals surface area contributed by atoms with Crippen LogP contribution >= 0.6 is 12.2 Å². The quantitative estimate of drug-likeness (QED) is 0.552. The predicted octanol–water partition coefficient (Wildman–Crippen LogP) is 0.0652. The van der Waals surface area contributed by atoms with E-state index in [0.717, 1.165) is 0 Å². The molecule has 0 unspecified atom stereocenters. The Morgan fingerprint density at radius 3 is 2.65 bits per heavy atom. The van der Waals surface area contributed by atoms with E-state index in [0.29, 0.717) is 6.54 Å². The summed E-state index contributed by atoms with van der Waals surface area (Å²) in [4.78, 5) is 22.9. The average Bonchev–Trinajstić information content (AvgIpc) is 2.39. The van der Waals surface area contributed by atoms with Crippen LogP contribution in [0.15, 0.2) is 0 Å². The maximum absolute atomic E-state index is 11.5. The number of thiocarbonyl (C=S) groups is 1. The third-order valence-electron chi connectivity index (χ3n) is 2.00.